The van der Waals surface area contributed by atoms with E-state index in [4.69, 9.17) is 17.0 Å². The molecule has 1 aromatic rings. The second kappa shape index (κ2) is 3.37. The van der Waals surface area contributed by atoms with Gasteiger partial charge in [-0.25, -0.2) is 0 Å². The molecule has 0 aliphatic heterocycles. The average molecular weight is 154 g/mol. The molecule has 0 heterocycles. The molecular weight excluding hydrogens is 146 g/mol. The summed E-state index contributed by atoms with van der Waals surface area (Å²) in [7, 11) is 0. The van der Waals surface area contributed by atoms with E-state index in [0.717, 1.165) is 10.6 Å². The first-order chi connectivity index (χ1) is 4.83. The average Bonchev–Trinajstić information content (AvgIpc) is 1.95. The topological polar surface area (TPSA) is 23.9 Å². The lowest BCUT2D eigenvalue weighted by Crippen LogP contribution is -1.82. The van der Waals surface area contributed by atoms with E-state index in [-0.39, 0.29) is 0 Å². The fourth-order valence-corrected chi connectivity index (χ4v) is 0.864. The Hall–Kier alpha value is -0.820. The van der Waals surface area contributed by atoms with Crippen LogP contribution in [0, 0.1) is 5.41 Å². The summed E-state index contributed by atoms with van der Waals surface area (Å²) in [6.07, 6.45) is 2.07. The van der Waals surface area contributed by atoms with Crippen LogP contribution in [0.2, 0.25) is 5.02 Å². The number of rotatable bonds is 2. The Morgan fingerprint density at radius 2 is 1.90 bits per heavy atom. The van der Waals surface area contributed by atoms with Gasteiger partial charge >= 0.3 is 0 Å². The molecule has 0 unspecified atom stereocenters. The van der Waals surface area contributed by atoms with Crippen LogP contribution in [0.25, 0.3) is 0 Å². The molecule has 0 atom stereocenters. The SMILES string of the molecule is N=CCc1ccc(Cl)cc1. The maximum absolute atomic E-state index is 6.84. The molecule has 0 radical (unpaired) electrons. The molecule has 1 rings (SSSR count). The van der Waals surface area contributed by atoms with Gasteiger partial charge in [0.2, 0.25) is 0 Å². The van der Waals surface area contributed by atoms with Crippen molar-refractivity contribution >= 4 is 17.8 Å². The summed E-state index contributed by atoms with van der Waals surface area (Å²) in [5, 5.41) is 7.58. The van der Waals surface area contributed by atoms with Crippen molar-refractivity contribution in [2.24, 2.45) is 0 Å². The smallest absolute Gasteiger partial charge is 0.0406 e. The molecular formula is C8H8ClN. The lowest BCUT2D eigenvalue weighted by molar-refractivity contribution is 1.33. The van der Waals surface area contributed by atoms with E-state index >= 15 is 0 Å². The molecule has 0 spiro atoms. The van der Waals surface area contributed by atoms with Crippen LogP contribution in [-0.4, -0.2) is 6.21 Å². The highest BCUT2D eigenvalue weighted by atomic mass is 35.5. The second-order valence-corrected chi connectivity index (χ2v) is 2.47. The zero-order chi connectivity index (χ0) is 7.40. The molecule has 0 bridgehead atoms. The van der Waals surface area contributed by atoms with E-state index in [2.05, 4.69) is 0 Å². The van der Waals surface area contributed by atoms with Gasteiger partial charge in [-0.1, -0.05) is 23.7 Å². The molecule has 52 valence electrons. The van der Waals surface area contributed by atoms with Crippen molar-refractivity contribution in [3.8, 4) is 0 Å². The summed E-state index contributed by atoms with van der Waals surface area (Å²) in [6, 6.07) is 7.52. The third-order valence-corrected chi connectivity index (χ3v) is 1.50. The number of benzene rings is 1. The second-order valence-electron chi connectivity index (χ2n) is 2.03. The largest absolute Gasteiger partial charge is 0.313 e. The van der Waals surface area contributed by atoms with Gasteiger partial charge in [0.25, 0.3) is 0 Å². The summed E-state index contributed by atoms with van der Waals surface area (Å²) in [5.74, 6) is 0. The molecule has 0 fully saturated rings. The van der Waals surface area contributed by atoms with Crippen LogP contribution in [-0.2, 0) is 6.42 Å². The lowest BCUT2D eigenvalue weighted by Gasteiger charge is -1.93. The Kier molecular flexibility index (Phi) is 2.46. The van der Waals surface area contributed by atoms with Gasteiger partial charge in [0.15, 0.2) is 0 Å². The minimum absolute atomic E-state index is 0.692. The quantitative estimate of drug-likeness (QED) is 0.632. The minimum atomic E-state index is 0.692. The van der Waals surface area contributed by atoms with Gasteiger partial charge in [0.05, 0.1) is 0 Å². The summed E-state index contributed by atoms with van der Waals surface area (Å²) in [5.41, 5.74) is 1.12. The summed E-state index contributed by atoms with van der Waals surface area (Å²) >= 11 is 5.65. The normalized spacial score (nSPS) is 9.30. The summed E-state index contributed by atoms with van der Waals surface area (Å²) in [4.78, 5) is 0. The Morgan fingerprint density at radius 3 is 2.40 bits per heavy atom. The Morgan fingerprint density at radius 1 is 1.30 bits per heavy atom. The fraction of sp³-hybridized carbons (Fsp3) is 0.125. The number of hydrogen-bond acceptors (Lipinski definition) is 1. The van der Waals surface area contributed by atoms with Crippen LogP contribution in [0.5, 0.6) is 0 Å². The van der Waals surface area contributed by atoms with Crippen LogP contribution >= 0.6 is 11.6 Å². The predicted octanol–water partition coefficient (Wildman–Crippen LogP) is 2.53. The zero-order valence-corrected chi connectivity index (χ0v) is 6.23. The number of hydrogen-bond donors (Lipinski definition) is 1. The first kappa shape index (κ1) is 7.29. The zero-order valence-electron chi connectivity index (χ0n) is 5.47. The molecule has 0 aliphatic carbocycles. The highest BCUT2D eigenvalue weighted by Crippen LogP contribution is 2.08. The predicted molar refractivity (Wildman–Crippen MR) is 43.9 cm³/mol. The Labute approximate surface area is 65.1 Å². The summed E-state index contributed by atoms with van der Waals surface area (Å²) in [6.45, 7) is 0. The van der Waals surface area contributed by atoms with Crippen LogP contribution in [0.15, 0.2) is 24.3 Å². The fourth-order valence-electron chi connectivity index (χ4n) is 0.738. The van der Waals surface area contributed by atoms with Crippen LogP contribution in [0.1, 0.15) is 5.56 Å². The molecule has 1 nitrogen and oxygen atoms in total. The van der Waals surface area contributed by atoms with Crippen molar-refractivity contribution in [1.29, 1.82) is 5.41 Å². The highest BCUT2D eigenvalue weighted by Gasteiger charge is 1.88. The van der Waals surface area contributed by atoms with Gasteiger partial charge in [-0.15, -0.1) is 0 Å². The monoisotopic (exact) mass is 153 g/mol. The highest BCUT2D eigenvalue weighted by molar-refractivity contribution is 6.30. The molecule has 0 aromatic heterocycles. The lowest BCUT2D eigenvalue weighted by atomic mass is 10.2. The maximum atomic E-state index is 6.84. The van der Waals surface area contributed by atoms with E-state index in [1.165, 1.54) is 6.21 Å². The van der Waals surface area contributed by atoms with E-state index in [0.29, 0.717) is 6.42 Å². The van der Waals surface area contributed by atoms with E-state index < -0.39 is 0 Å². The maximum Gasteiger partial charge on any atom is 0.0406 e. The first-order valence-corrected chi connectivity index (χ1v) is 3.44. The first-order valence-electron chi connectivity index (χ1n) is 3.06. The van der Waals surface area contributed by atoms with Crippen molar-refractivity contribution < 1.29 is 0 Å². The van der Waals surface area contributed by atoms with Gasteiger partial charge in [0, 0.05) is 11.4 Å². The van der Waals surface area contributed by atoms with Crippen molar-refractivity contribution in [2.75, 3.05) is 0 Å². The number of nitrogens with one attached hydrogen (secondary N) is 1. The van der Waals surface area contributed by atoms with Crippen LogP contribution < -0.4 is 0 Å². The minimum Gasteiger partial charge on any atom is -0.313 e. The van der Waals surface area contributed by atoms with Crippen LogP contribution in [0.4, 0.5) is 0 Å². The molecule has 10 heavy (non-hydrogen) atoms. The van der Waals surface area contributed by atoms with Gasteiger partial charge in [-0.3, -0.25) is 0 Å². The van der Waals surface area contributed by atoms with Gasteiger partial charge in [-0.05, 0) is 23.9 Å². The van der Waals surface area contributed by atoms with Gasteiger partial charge in [0.1, 0.15) is 0 Å². The molecule has 0 aliphatic rings. The molecule has 0 amide bonds. The summed E-state index contributed by atoms with van der Waals surface area (Å²) < 4.78 is 0. The van der Waals surface area contributed by atoms with E-state index in [1.54, 1.807) is 0 Å². The van der Waals surface area contributed by atoms with Gasteiger partial charge in [-0.2, -0.15) is 0 Å². The Bertz CT molecular complexity index is 215. The van der Waals surface area contributed by atoms with Crippen molar-refractivity contribution in [2.45, 2.75) is 6.42 Å². The molecule has 2 heteroatoms. The van der Waals surface area contributed by atoms with E-state index in [1.807, 2.05) is 24.3 Å². The standard InChI is InChI=1S/C8H8ClN/c9-8-3-1-7(2-4-8)5-6-10/h1-4,6,10H,5H2. The van der Waals surface area contributed by atoms with Crippen molar-refractivity contribution in [3.05, 3.63) is 34.9 Å². The third-order valence-electron chi connectivity index (χ3n) is 1.25. The van der Waals surface area contributed by atoms with Crippen molar-refractivity contribution in [3.63, 3.8) is 0 Å². The molecule has 0 saturated heterocycles. The third kappa shape index (κ3) is 1.85. The molecule has 1 aromatic carbocycles. The van der Waals surface area contributed by atoms with Crippen molar-refractivity contribution in [1.82, 2.24) is 0 Å². The molecule has 1 N–H and O–H groups in total. The molecule has 0 saturated carbocycles. The van der Waals surface area contributed by atoms with E-state index in [9.17, 15) is 0 Å². The number of halogens is 1. The Balaban J connectivity index is 2.78. The van der Waals surface area contributed by atoms with Crippen LogP contribution in [0.3, 0.4) is 0 Å². The van der Waals surface area contributed by atoms with Gasteiger partial charge < -0.3 is 5.41 Å².